The summed E-state index contributed by atoms with van der Waals surface area (Å²) >= 11 is 5.61. The summed E-state index contributed by atoms with van der Waals surface area (Å²) in [4.78, 5) is 9.32. The lowest BCUT2D eigenvalue weighted by Gasteiger charge is -2.35. The molecule has 1 aliphatic heterocycles. The molecule has 1 aromatic carbocycles. The highest BCUT2D eigenvalue weighted by molar-refractivity contribution is 7.71. The molecule has 6 nitrogen and oxygen atoms in total. The summed E-state index contributed by atoms with van der Waals surface area (Å²) < 4.78 is 4.55. The lowest BCUT2D eigenvalue weighted by molar-refractivity contribution is 0.194. The van der Waals surface area contributed by atoms with Gasteiger partial charge in [-0.3, -0.25) is 9.30 Å². The molecule has 0 aliphatic carbocycles. The third kappa shape index (κ3) is 3.17. The van der Waals surface area contributed by atoms with Gasteiger partial charge < -0.3 is 4.90 Å². The molecule has 130 valence electrons. The Balaban J connectivity index is 1.49. The Morgan fingerprint density at radius 2 is 1.76 bits per heavy atom. The molecule has 0 N–H and O–H groups in total. The van der Waals surface area contributed by atoms with Gasteiger partial charge in [-0.2, -0.15) is 0 Å². The average Bonchev–Trinajstić information content (AvgIpc) is 2.92. The summed E-state index contributed by atoms with van der Waals surface area (Å²) in [6.07, 6.45) is 0. The number of hydrogen-bond donors (Lipinski definition) is 0. The second-order valence-corrected chi connectivity index (χ2v) is 6.90. The minimum Gasteiger partial charge on any atom is -0.369 e. The zero-order valence-corrected chi connectivity index (χ0v) is 15.4. The van der Waals surface area contributed by atoms with Crippen molar-refractivity contribution < 1.29 is 0 Å². The molecular formula is C18H22N6S. The lowest BCUT2D eigenvalue weighted by atomic mass is 10.2. The molecule has 0 spiro atoms. The molecule has 0 bridgehead atoms. The van der Waals surface area contributed by atoms with Crippen molar-refractivity contribution in [2.24, 2.45) is 0 Å². The number of aromatic nitrogens is 4. The zero-order valence-electron chi connectivity index (χ0n) is 14.6. The van der Waals surface area contributed by atoms with Crippen LogP contribution in [0.2, 0.25) is 0 Å². The van der Waals surface area contributed by atoms with Gasteiger partial charge in [0, 0.05) is 43.3 Å². The van der Waals surface area contributed by atoms with E-state index in [1.807, 2.05) is 29.0 Å². The van der Waals surface area contributed by atoms with Gasteiger partial charge in [0.05, 0.1) is 6.67 Å². The van der Waals surface area contributed by atoms with E-state index in [0.717, 1.165) is 37.6 Å². The monoisotopic (exact) mass is 354 g/mol. The smallest absolute Gasteiger partial charge is 0.254 e. The van der Waals surface area contributed by atoms with Gasteiger partial charge in [-0.25, -0.2) is 9.67 Å². The van der Waals surface area contributed by atoms with E-state index in [4.69, 9.17) is 12.2 Å². The van der Waals surface area contributed by atoms with Crippen LogP contribution in [0.3, 0.4) is 0 Å². The number of benzene rings is 1. The van der Waals surface area contributed by atoms with Crippen LogP contribution in [0, 0.1) is 18.6 Å². The third-order valence-corrected chi connectivity index (χ3v) is 5.09. The minimum atomic E-state index is 0.686. The largest absolute Gasteiger partial charge is 0.369 e. The van der Waals surface area contributed by atoms with Crippen molar-refractivity contribution in [1.82, 2.24) is 24.1 Å². The van der Waals surface area contributed by atoms with Crippen LogP contribution in [0.4, 0.5) is 5.69 Å². The van der Waals surface area contributed by atoms with Gasteiger partial charge in [0.2, 0.25) is 4.77 Å². The first kappa shape index (κ1) is 16.2. The topological polar surface area (TPSA) is 41.6 Å². The molecule has 0 atom stereocenters. The van der Waals surface area contributed by atoms with E-state index in [2.05, 4.69) is 50.2 Å². The van der Waals surface area contributed by atoms with Crippen LogP contribution in [0.15, 0.2) is 36.4 Å². The highest BCUT2D eigenvalue weighted by Gasteiger charge is 2.18. The molecule has 2 aromatic heterocycles. The molecule has 0 unspecified atom stereocenters. The van der Waals surface area contributed by atoms with Crippen LogP contribution in [-0.4, -0.2) is 50.2 Å². The van der Waals surface area contributed by atoms with Crippen molar-refractivity contribution in [2.75, 3.05) is 31.1 Å². The standard InChI is InChI=1S/C18H22N6S/c1-14-12-15(2)24-17(19-14)20-23(18(24)25)13-21-8-10-22(11-9-21)16-6-4-3-5-7-16/h3-7,12H,8-11,13H2,1-2H3. The highest BCUT2D eigenvalue weighted by atomic mass is 32.1. The Labute approximate surface area is 152 Å². The highest BCUT2D eigenvalue weighted by Crippen LogP contribution is 2.16. The van der Waals surface area contributed by atoms with Gasteiger partial charge in [-0.05, 0) is 44.3 Å². The van der Waals surface area contributed by atoms with Crippen molar-refractivity contribution in [2.45, 2.75) is 20.5 Å². The van der Waals surface area contributed by atoms with Crippen LogP contribution in [0.25, 0.3) is 5.78 Å². The normalized spacial score (nSPS) is 15.8. The van der Waals surface area contributed by atoms with Crippen molar-refractivity contribution in [3.63, 3.8) is 0 Å². The van der Waals surface area contributed by atoms with E-state index in [-0.39, 0.29) is 0 Å². The molecule has 7 heteroatoms. The van der Waals surface area contributed by atoms with Gasteiger partial charge in [-0.15, -0.1) is 5.10 Å². The maximum Gasteiger partial charge on any atom is 0.254 e. The van der Waals surface area contributed by atoms with Crippen molar-refractivity contribution in [3.05, 3.63) is 52.6 Å². The van der Waals surface area contributed by atoms with Crippen molar-refractivity contribution >= 4 is 23.7 Å². The SMILES string of the molecule is Cc1cc(C)n2c(=S)n(CN3CCN(c4ccccc4)CC3)nc2n1. The number of rotatable bonds is 3. The van der Waals surface area contributed by atoms with Crippen molar-refractivity contribution in [3.8, 4) is 0 Å². The summed E-state index contributed by atoms with van der Waals surface area (Å²) in [6, 6.07) is 12.6. The molecule has 1 aliphatic rings. The van der Waals surface area contributed by atoms with Crippen LogP contribution in [0.1, 0.15) is 11.4 Å². The van der Waals surface area contributed by atoms with Crippen LogP contribution >= 0.6 is 12.2 Å². The first-order valence-electron chi connectivity index (χ1n) is 8.58. The predicted molar refractivity (Wildman–Crippen MR) is 102 cm³/mol. The van der Waals surface area contributed by atoms with E-state index in [1.54, 1.807) is 0 Å². The molecule has 1 fully saturated rings. The lowest BCUT2D eigenvalue weighted by Crippen LogP contribution is -2.46. The van der Waals surface area contributed by atoms with Gasteiger partial charge in [0.1, 0.15) is 0 Å². The van der Waals surface area contributed by atoms with Crippen LogP contribution < -0.4 is 4.90 Å². The van der Waals surface area contributed by atoms with E-state index < -0.39 is 0 Å². The van der Waals surface area contributed by atoms with Gasteiger partial charge in [0.25, 0.3) is 5.78 Å². The fraction of sp³-hybridized carbons (Fsp3) is 0.389. The summed E-state index contributed by atoms with van der Waals surface area (Å²) in [5, 5.41) is 4.61. The number of nitrogens with zero attached hydrogens (tertiary/aromatic N) is 6. The Kier molecular flexibility index (Phi) is 4.27. The minimum absolute atomic E-state index is 0.686. The number of fused-ring (bicyclic) bond motifs is 1. The van der Waals surface area contributed by atoms with Crippen LogP contribution in [-0.2, 0) is 6.67 Å². The molecule has 4 rings (SSSR count). The third-order valence-electron chi connectivity index (χ3n) is 4.70. The second-order valence-electron chi connectivity index (χ2n) is 6.54. The molecule has 0 radical (unpaired) electrons. The zero-order chi connectivity index (χ0) is 17.4. The maximum atomic E-state index is 5.61. The summed E-state index contributed by atoms with van der Waals surface area (Å²) in [6.45, 7) is 8.76. The number of para-hydroxylation sites is 1. The number of anilines is 1. The maximum absolute atomic E-state index is 5.61. The first-order valence-corrected chi connectivity index (χ1v) is 8.99. The van der Waals surface area contributed by atoms with Crippen LogP contribution in [0.5, 0.6) is 0 Å². The Bertz CT molecular complexity index is 937. The van der Waals surface area contributed by atoms with E-state index in [9.17, 15) is 0 Å². The van der Waals surface area contributed by atoms with E-state index >= 15 is 0 Å². The fourth-order valence-corrected chi connectivity index (χ4v) is 3.73. The summed E-state index contributed by atoms with van der Waals surface area (Å²) in [7, 11) is 0. The molecule has 3 aromatic rings. The van der Waals surface area contributed by atoms with Gasteiger partial charge >= 0.3 is 0 Å². The van der Waals surface area contributed by atoms with E-state index in [1.165, 1.54) is 5.69 Å². The fourth-order valence-electron chi connectivity index (χ4n) is 3.40. The van der Waals surface area contributed by atoms with Gasteiger partial charge in [0.15, 0.2) is 0 Å². The predicted octanol–water partition coefficient (Wildman–Crippen LogP) is 2.66. The number of piperazine rings is 1. The molecule has 0 amide bonds. The summed E-state index contributed by atoms with van der Waals surface area (Å²) in [5.41, 5.74) is 3.34. The Morgan fingerprint density at radius 1 is 1.04 bits per heavy atom. The first-order chi connectivity index (χ1) is 12.1. The Morgan fingerprint density at radius 3 is 2.48 bits per heavy atom. The second kappa shape index (κ2) is 6.57. The van der Waals surface area contributed by atoms with Crippen molar-refractivity contribution in [1.29, 1.82) is 0 Å². The molecular weight excluding hydrogens is 332 g/mol. The molecule has 1 saturated heterocycles. The number of hydrogen-bond acceptors (Lipinski definition) is 5. The average molecular weight is 354 g/mol. The molecule has 3 heterocycles. The number of aryl methyl sites for hydroxylation is 2. The Hall–Kier alpha value is -2.25. The molecule has 25 heavy (non-hydrogen) atoms. The van der Waals surface area contributed by atoms with E-state index in [0.29, 0.717) is 17.2 Å². The molecule has 0 saturated carbocycles. The van der Waals surface area contributed by atoms with Gasteiger partial charge in [-0.1, -0.05) is 18.2 Å². The summed E-state index contributed by atoms with van der Waals surface area (Å²) in [5.74, 6) is 0.686. The quantitative estimate of drug-likeness (QED) is 0.677.